The van der Waals surface area contributed by atoms with Crippen molar-refractivity contribution in [3.8, 4) is 5.75 Å². The number of hydrogen-bond donors (Lipinski definition) is 3. The van der Waals surface area contributed by atoms with E-state index < -0.39 is 12.7 Å². The van der Waals surface area contributed by atoms with E-state index in [1.165, 1.54) is 24.3 Å². The second-order valence-corrected chi connectivity index (χ2v) is 5.63. The Hall–Kier alpha value is -3.36. The van der Waals surface area contributed by atoms with E-state index in [2.05, 4.69) is 20.7 Å². The van der Waals surface area contributed by atoms with Gasteiger partial charge in [0.25, 0.3) is 0 Å². The first-order valence-electron chi connectivity index (χ1n) is 8.51. The largest absolute Gasteiger partial charge is 0.450 e. The van der Waals surface area contributed by atoms with Crippen molar-refractivity contribution >= 4 is 29.1 Å². The van der Waals surface area contributed by atoms with Crippen molar-refractivity contribution in [2.24, 2.45) is 0 Å². The van der Waals surface area contributed by atoms with Gasteiger partial charge >= 0.3 is 12.7 Å². The molecular weight excluding hydrogens is 372 g/mol. The minimum Gasteiger partial charge on any atom is -0.450 e. The number of nitrogens with one attached hydrogen (secondary N) is 3. The fourth-order valence-corrected chi connectivity index (χ4v) is 2.34. The molecule has 0 unspecified atom stereocenters. The van der Waals surface area contributed by atoms with Crippen LogP contribution in [0, 0.1) is 6.92 Å². The maximum absolute atomic E-state index is 12.1. The quantitative estimate of drug-likeness (QED) is 0.625. The summed E-state index contributed by atoms with van der Waals surface area (Å²) in [5.41, 5.74) is 2.43. The Balaban J connectivity index is 1.91. The van der Waals surface area contributed by atoms with E-state index in [1.807, 2.05) is 0 Å². The van der Waals surface area contributed by atoms with Crippen molar-refractivity contribution in [1.29, 1.82) is 0 Å². The molecule has 2 aromatic carbocycles. The average Bonchev–Trinajstić information content (AvgIpc) is 2.64. The van der Waals surface area contributed by atoms with Crippen molar-refractivity contribution in [1.82, 2.24) is 0 Å². The molecule has 0 heterocycles. The number of alkyl halides is 2. The molecule has 0 spiro atoms. The van der Waals surface area contributed by atoms with E-state index in [1.54, 1.807) is 32.0 Å². The molecule has 0 saturated carbocycles. The predicted octanol–water partition coefficient (Wildman–Crippen LogP) is 4.22. The van der Waals surface area contributed by atoms with E-state index in [0.717, 1.165) is 5.56 Å². The average molecular weight is 393 g/mol. The summed E-state index contributed by atoms with van der Waals surface area (Å²) in [5, 5.41) is 8.26. The van der Waals surface area contributed by atoms with Crippen LogP contribution in [-0.4, -0.2) is 31.8 Å². The van der Waals surface area contributed by atoms with Gasteiger partial charge in [-0.3, -0.25) is 10.1 Å². The normalized spacial score (nSPS) is 10.3. The number of halogens is 2. The maximum atomic E-state index is 12.1. The lowest BCUT2D eigenvalue weighted by molar-refractivity contribution is -0.114. The summed E-state index contributed by atoms with van der Waals surface area (Å²) >= 11 is 0. The van der Waals surface area contributed by atoms with Crippen LogP contribution in [0.4, 0.5) is 30.6 Å². The number of carbonyl (C=O) groups is 2. The molecule has 0 bridgehead atoms. The van der Waals surface area contributed by atoms with E-state index in [4.69, 9.17) is 4.74 Å². The van der Waals surface area contributed by atoms with Crippen LogP contribution in [0.3, 0.4) is 0 Å². The van der Waals surface area contributed by atoms with Gasteiger partial charge in [-0.1, -0.05) is 6.07 Å². The number of carbonyl (C=O) groups excluding carboxylic acids is 2. The third kappa shape index (κ3) is 6.42. The Morgan fingerprint density at radius 2 is 1.71 bits per heavy atom. The van der Waals surface area contributed by atoms with Crippen LogP contribution in [0.15, 0.2) is 42.5 Å². The third-order valence-electron chi connectivity index (χ3n) is 3.65. The Morgan fingerprint density at radius 1 is 1.04 bits per heavy atom. The molecule has 2 aromatic rings. The minimum absolute atomic E-state index is 0.00710. The lowest BCUT2D eigenvalue weighted by Crippen LogP contribution is -2.22. The Morgan fingerprint density at radius 3 is 2.36 bits per heavy atom. The first-order valence-corrected chi connectivity index (χ1v) is 8.51. The topological polar surface area (TPSA) is 88.7 Å². The van der Waals surface area contributed by atoms with Gasteiger partial charge in [0.15, 0.2) is 0 Å². The van der Waals surface area contributed by atoms with Crippen LogP contribution in [0.2, 0.25) is 0 Å². The van der Waals surface area contributed by atoms with Gasteiger partial charge in [-0.05, 0) is 55.8 Å². The summed E-state index contributed by atoms with van der Waals surface area (Å²) in [4.78, 5) is 23.7. The number of ether oxygens (including phenoxy) is 2. The number of amides is 2. The molecule has 3 N–H and O–H groups in total. The molecule has 0 aliphatic carbocycles. The summed E-state index contributed by atoms with van der Waals surface area (Å²) in [6.07, 6.45) is -0.556. The Labute approximate surface area is 161 Å². The van der Waals surface area contributed by atoms with Crippen LogP contribution >= 0.6 is 0 Å². The predicted molar refractivity (Wildman–Crippen MR) is 102 cm³/mol. The summed E-state index contributed by atoms with van der Waals surface area (Å²) in [5.74, 6) is -0.321. The minimum atomic E-state index is -2.90. The lowest BCUT2D eigenvalue weighted by Gasteiger charge is -2.14. The molecule has 7 nitrogen and oxygen atoms in total. The fraction of sp³-hybridized carbons (Fsp3) is 0.263. The zero-order valence-electron chi connectivity index (χ0n) is 15.4. The third-order valence-corrected chi connectivity index (χ3v) is 3.65. The van der Waals surface area contributed by atoms with Crippen molar-refractivity contribution < 1.29 is 27.8 Å². The van der Waals surface area contributed by atoms with Crippen molar-refractivity contribution in [3.05, 3.63) is 48.0 Å². The molecule has 0 aliphatic rings. The van der Waals surface area contributed by atoms with Gasteiger partial charge in [0.2, 0.25) is 5.91 Å². The molecule has 2 rings (SSSR count). The van der Waals surface area contributed by atoms with Crippen LogP contribution in [0.1, 0.15) is 12.5 Å². The van der Waals surface area contributed by atoms with E-state index in [-0.39, 0.29) is 24.8 Å². The molecule has 9 heteroatoms. The highest BCUT2D eigenvalue weighted by Crippen LogP contribution is 2.23. The molecule has 0 fully saturated rings. The molecule has 0 radical (unpaired) electrons. The summed E-state index contributed by atoms with van der Waals surface area (Å²) in [6, 6.07) is 10.8. The second-order valence-electron chi connectivity index (χ2n) is 5.63. The van der Waals surface area contributed by atoms with Crippen molar-refractivity contribution in [2.45, 2.75) is 20.5 Å². The van der Waals surface area contributed by atoms with Gasteiger partial charge in [0, 0.05) is 17.1 Å². The molecule has 28 heavy (non-hydrogen) atoms. The van der Waals surface area contributed by atoms with E-state index in [9.17, 15) is 18.4 Å². The van der Waals surface area contributed by atoms with Gasteiger partial charge in [-0.2, -0.15) is 8.78 Å². The summed E-state index contributed by atoms with van der Waals surface area (Å²) < 4.78 is 33.4. The maximum Gasteiger partial charge on any atom is 0.411 e. The Bertz CT molecular complexity index is 813. The number of hydrogen-bond acceptors (Lipinski definition) is 5. The van der Waals surface area contributed by atoms with Gasteiger partial charge in [-0.25, -0.2) is 4.79 Å². The molecule has 0 aromatic heterocycles. The number of rotatable bonds is 8. The van der Waals surface area contributed by atoms with Gasteiger partial charge in [0.05, 0.1) is 13.2 Å². The standard InChI is InChI=1S/C19H21F2N3O4/c1-3-27-19(26)24-16-6-4-5-15(12(16)2)22-11-17(25)23-13-7-9-14(10-8-13)28-18(20)21/h4-10,18,22H,3,11H2,1-2H3,(H,23,25)(H,24,26). The SMILES string of the molecule is CCOC(=O)Nc1cccc(NCC(=O)Nc2ccc(OC(F)F)cc2)c1C. The summed E-state index contributed by atoms with van der Waals surface area (Å²) in [7, 11) is 0. The zero-order valence-corrected chi connectivity index (χ0v) is 15.4. The fourth-order valence-electron chi connectivity index (χ4n) is 2.34. The van der Waals surface area contributed by atoms with Crippen LogP contribution in [0.25, 0.3) is 0 Å². The molecule has 0 atom stereocenters. The van der Waals surface area contributed by atoms with E-state index >= 15 is 0 Å². The van der Waals surface area contributed by atoms with Crippen molar-refractivity contribution in [2.75, 3.05) is 29.1 Å². The number of anilines is 3. The lowest BCUT2D eigenvalue weighted by atomic mass is 10.1. The van der Waals surface area contributed by atoms with E-state index in [0.29, 0.717) is 17.1 Å². The molecule has 0 aliphatic heterocycles. The van der Waals surface area contributed by atoms with Gasteiger partial charge < -0.3 is 20.1 Å². The molecule has 150 valence electrons. The van der Waals surface area contributed by atoms with Gasteiger partial charge in [0.1, 0.15) is 5.75 Å². The highest BCUT2D eigenvalue weighted by atomic mass is 19.3. The summed E-state index contributed by atoms with van der Waals surface area (Å²) in [6.45, 7) is 0.838. The highest BCUT2D eigenvalue weighted by molar-refractivity contribution is 5.94. The van der Waals surface area contributed by atoms with Crippen LogP contribution in [-0.2, 0) is 9.53 Å². The smallest absolute Gasteiger partial charge is 0.411 e. The first-order chi connectivity index (χ1) is 13.4. The molecule has 2 amide bonds. The first kappa shape index (κ1) is 20.9. The van der Waals surface area contributed by atoms with Crippen LogP contribution in [0.5, 0.6) is 5.75 Å². The van der Waals surface area contributed by atoms with Crippen LogP contribution < -0.4 is 20.7 Å². The zero-order chi connectivity index (χ0) is 20.5. The Kier molecular flexibility index (Phi) is 7.55. The second kappa shape index (κ2) is 10.1. The highest BCUT2D eigenvalue weighted by Gasteiger charge is 2.10. The number of benzene rings is 2. The monoisotopic (exact) mass is 393 g/mol. The van der Waals surface area contributed by atoms with Crippen molar-refractivity contribution in [3.63, 3.8) is 0 Å². The van der Waals surface area contributed by atoms with Gasteiger partial charge in [-0.15, -0.1) is 0 Å². The molecule has 0 saturated heterocycles. The molecular formula is C19H21F2N3O4.